The third kappa shape index (κ3) is 5.50. The molecule has 2 aromatic carbocycles. The number of nitriles is 1. The Hall–Kier alpha value is -3.74. The van der Waals surface area contributed by atoms with Crippen LogP contribution in [0.2, 0.25) is 5.02 Å². The predicted molar refractivity (Wildman–Crippen MR) is 134 cm³/mol. The molecule has 0 fully saturated rings. The highest BCUT2D eigenvalue weighted by molar-refractivity contribution is 7.92. The molecule has 35 heavy (non-hydrogen) atoms. The molecule has 0 aliphatic carbocycles. The molecule has 1 heterocycles. The number of rotatable bonds is 6. The summed E-state index contributed by atoms with van der Waals surface area (Å²) in [6.07, 6.45) is 0.387. The Labute approximate surface area is 209 Å². The first kappa shape index (κ1) is 25.9. The average molecular weight is 511 g/mol. The van der Waals surface area contributed by atoms with Gasteiger partial charge in [0.05, 0.1) is 21.2 Å². The summed E-state index contributed by atoms with van der Waals surface area (Å²) < 4.78 is 28.7. The number of nitrogens with zero attached hydrogens (tertiary/aromatic N) is 3. The number of aldehydes is 1. The van der Waals surface area contributed by atoms with Crippen LogP contribution in [0.3, 0.4) is 0 Å². The predicted octanol–water partition coefficient (Wildman–Crippen LogP) is 4.79. The molecule has 8 nitrogen and oxygen atoms in total. The maximum Gasteiger partial charge on any atom is 0.262 e. The summed E-state index contributed by atoms with van der Waals surface area (Å²) in [6.45, 7) is 6.04. The number of anilines is 2. The van der Waals surface area contributed by atoms with Crippen LogP contribution in [0.1, 0.15) is 52.7 Å². The van der Waals surface area contributed by atoms with E-state index in [0.29, 0.717) is 6.29 Å². The number of carbonyl (C=O) groups excluding carboxylic acids is 2. The first-order valence-electron chi connectivity index (χ1n) is 10.5. The van der Waals surface area contributed by atoms with Crippen molar-refractivity contribution in [3.05, 3.63) is 82.0 Å². The maximum absolute atomic E-state index is 13.4. The molecule has 0 spiro atoms. The minimum absolute atomic E-state index is 0.0109. The van der Waals surface area contributed by atoms with E-state index in [2.05, 4.69) is 9.71 Å². The van der Waals surface area contributed by atoms with Crippen LogP contribution in [0.5, 0.6) is 0 Å². The number of halogens is 1. The maximum atomic E-state index is 13.4. The van der Waals surface area contributed by atoms with Gasteiger partial charge in [0.25, 0.3) is 15.9 Å². The smallest absolute Gasteiger partial charge is 0.262 e. The van der Waals surface area contributed by atoms with Gasteiger partial charge in [-0.3, -0.25) is 19.2 Å². The van der Waals surface area contributed by atoms with E-state index in [4.69, 9.17) is 16.9 Å². The molecular formula is C25H23ClN4O4S. The van der Waals surface area contributed by atoms with Crippen molar-refractivity contribution in [2.24, 2.45) is 0 Å². The lowest BCUT2D eigenvalue weighted by atomic mass is 9.87. The van der Waals surface area contributed by atoms with Crippen molar-refractivity contribution in [1.29, 1.82) is 5.26 Å². The van der Waals surface area contributed by atoms with Gasteiger partial charge in [0.1, 0.15) is 17.6 Å². The van der Waals surface area contributed by atoms with Gasteiger partial charge in [-0.2, -0.15) is 5.26 Å². The van der Waals surface area contributed by atoms with Crippen molar-refractivity contribution < 1.29 is 18.0 Å². The van der Waals surface area contributed by atoms with E-state index in [-0.39, 0.29) is 43.7 Å². The minimum atomic E-state index is -4.11. The van der Waals surface area contributed by atoms with Crippen LogP contribution in [0.15, 0.2) is 59.5 Å². The zero-order chi connectivity index (χ0) is 26.0. The lowest BCUT2D eigenvalue weighted by molar-refractivity contribution is 0.0986. The Balaban J connectivity index is 2.06. The molecule has 0 unspecified atom stereocenters. The molecule has 1 N–H and O–H groups in total. The Morgan fingerprint density at radius 2 is 1.77 bits per heavy atom. The lowest BCUT2D eigenvalue weighted by Crippen LogP contribution is -2.30. The second kappa shape index (κ2) is 9.86. The van der Waals surface area contributed by atoms with Crippen molar-refractivity contribution in [3.8, 4) is 6.07 Å². The van der Waals surface area contributed by atoms with E-state index in [9.17, 15) is 18.0 Å². The van der Waals surface area contributed by atoms with Crippen molar-refractivity contribution in [1.82, 2.24) is 4.98 Å². The summed E-state index contributed by atoms with van der Waals surface area (Å²) in [4.78, 5) is 30.4. The van der Waals surface area contributed by atoms with Crippen molar-refractivity contribution in [3.63, 3.8) is 0 Å². The molecule has 1 amide bonds. The average Bonchev–Trinajstić information content (AvgIpc) is 2.83. The van der Waals surface area contributed by atoms with E-state index in [1.54, 1.807) is 18.2 Å². The van der Waals surface area contributed by atoms with Gasteiger partial charge >= 0.3 is 0 Å². The fourth-order valence-corrected chi connectivity index (χ4v) is 4.58. The van der Waals surface area contributed by atoms with Crippen LogP contribution in [0, 0.1) is 11.3 Å². The molecule has 0 radical (unpaired) electrons. The Morgan fingerprint density at radius 3 is 2.34 bits per heavy atom. The van der Waals surface area contributed by atoms with Crippen molar-refractivity contribution in [2.75, 3.05) is 16.7 Å². The van der Waals surface area contributed by atoms with E-state index in [1.165, 1.54) is 43.4 Å². The number of sulfonamides is 1. The Kier molecular flexibility index (Phi) is 7.29. The molecule has 0 aliphatic rings. The molecule has 180 valence electrons. The number of nitrogens with one attached hydrogen (secondary N) is 1. The van der Waals surface area contributed by atoms with Crippen molar-refractivity contribution in [2.45, 2.75) is 31.1 Å². The van der Waals surface area contributed by atoms with Crippen LogP contribution in [0.4, 0.5) is 11.5 Å². The Bertz CT molecular complexity index is 1440. The summed E-state index contributed by atoms with van der Waals surface area (Å²) >= 11 is 6.15. The van der Waals surface area contributed by atoms with Gasteiger partial charge in [0.2, 0.25) is 0 Å². The molecule has 0 saturated carbocycles. The van der Waals surface area contributed by atoms with Gasteiger partial charge < -0.3 is 0 Å². The fourth-order valence-electron chi connectivity index (χ4n) is 3.31. The molecule has 0 aliphatic heterocycles. The number of hydrogen-bond acceptors (Lipinski definition) is 6. The van der Waals surface area contributed by atoms with Crippen LogP contribution in [0.25, 0.3) is 0 Å². The number of amides is 1. The zero-order valence-electron chi connectivity index (χ0n) is 19.5. The number of aromatic nitrogens is 1. The molecular weight excluding hydrogens is 488 g/mol. The van der Waals surface area contributed by atoms with E-state index in [0.717, 1.165) is 10.5 Å². The summed E-state index contributed by atoms with van der Waals surface area (Å²) in [5.41, 5.74) is 0.340. The third-order valence-corrected chi connectivity index (χ3v) is 7.01. The van der Waals surface area contributed by atoms with Crippen LogP contribution in [-0.4, -0.2) is 32.6 Å². The topological polar surface area (TPSA) is 120 Å². The molecule has 0 bridgehead atoms. The minimum Gasteiger partial charge on any atom is -0.298 e. The second-order valence-electron chi connectivity index (χ2n) is 8.74. The molecule has 3 aromatic rings. The van der Waals surface area contributed by atoms with Gasteiger partial charge in [-0.1, -0.05) is 50.6 Å². The normalized spacial score (nSPS) is 11.4. The van der Waals surface area contributed by atoms with E-state index < -0.39 is 15.9 Å². The van der Waals surface area contributed by atoms with E-state index in [1.807, 2.05) is 26.8 Å². The number of benzene rings is 2. The monoisotopic (exact) mass is 510 g/mol. The molecule has 0 saturated heterocycles. The largest absolute Gasteiger partial charge is 0.298 e. The lowest BCUT2D eigenvalue weighted by Gasteiger charge is -2.21. The SMILES string of the molecule is CN(C(=O)c1c(NS(=O)(=O)c2ccc(C(C)(C)C)cc2)ccc(Cl)c1C=O)c1cccc(C#N)n1. The van der Waals surface area contributed by atoms with Gasteiger partial charge in [-0.05, 0) is 47.4 Å². The molecule has 3 rings (SSSR count). The van der Waals surface area contributed by atoms with Crippen LogP contribution in [-0.2, 0) is 15.4 Å². The number of hydrogen-bond donors (Lipinski definition) is 1. The van der Waals surface area contributed by atoms with Crippen LogP contribution >= 0.6 is 11.6 Å². The highest BCUT2D eigenvalue weighted by atomic mass is 35.5. The highest BCUT2D eigenvalue weighted by Gasteiger charge is 2.27. The highest BCUT2D eigenvalue weighted by Crippen LogP contribution is 2.30. The summed E-state index contributed by atoms with van der Waals surface area (Å²) in [6, 6.07) is 15.5. The third-order valence-electron chi connectivity index (χ3n) is 5.30. The standard InChI is InChI=1S/C25H23ClN4O4S/c1-25(2,3)16-8-10-18(11-9-16)35(33,34)29-21-13-12-20(26)19(15-31)23(21)24(32)30(4)22-7-5-6-17(14-27)28-22/h5-13,15,29H,1-4H3. The fraction of sp³-hybridized carbons (Fsp3) is 0.200. The zero-order valence-corrected chi connectivity index (χ0v) is 21.1. The second-order valence-corrected chi connectivity index (χ2v) is 10.8. The summed E-state index contributed by atoms with van der Waals surface area (Å²) in [5.74, 6) is -0.601. The number of pyridine rings is 1. The Morgan fingerprint density at radius 1 is 1.11 bits per heavy atom. The first-order valence-corrected chi connectivity index (χ1v) is 12.3. The molecule has 10 heteroatoms. The van der Waals surface area contributed by atoms with Gasteiger partial charge in [0, 0.05) is 12.6 Å². The van der Waals surface area contributed by atoms with Gasteiger partial charge in [-0.25, -0.2) is 13.4 Å². The van der Waals surface area contributed by atoms with Gasteiger partial charge in [-0.15, -0.1) is 0 Å². The number of carbonyl (C=O) groups is 2. The van der Waals surface area contributed by atoms with Crippen LogP contribution < -0.4 is 9.62 Å². The van der Waals surface area contributed by atoms with Gasteiger partial charge in [0.15, 0.2) is 6.29 Å². The van der Waals surface area contributed by atoms with Crippen molar-refractivity contribution >= 4 is 45.3 Å². The molecule has 1 aromatic heterocycles. The summed E-state index contributed by atoms with van der Waals surface area (Å²) in [7, 11) is -2.72. The summed E-state index contributed by atoms with van der Waals surface area (Å²) in [5, 5.41) is 9.08. The molecule has 0 atom stereocenters. The quantitative estimate of drug-likeness (QED) is 0.476. The first-order chi connectivity index (χ1) is 16.4. The van der Waals surface area contributed by atoms with E-state index >= 15 is 0 Å².